The molecule has 2 heterocycles. The van der Waals surface area contributed by atoms with Gasteiger partial charge in [0.2, 0.25) is 5.91 Å². The molecule has 0 unspecified atom stereocenters. The van der Waals surface area contributed by atoms with Crippen LogP contribution in [0.5, 0.6) is 5.75 Å². The molecular formula is C17H22N4O3. The van der Waals surface area contributed by atoms with E-state index in [1.807, 2.05) is 35.2 Å². The van der Waals surface area contributed by atoms with Crippen molar-refractivity contribution in [1.82, 2.24) is 14.7 Å². The number of hydrogen-bond acceptors (Lipinski definition) is 5. The molecule has 0 saturated carbocycles. The second-order valence-corrected chi connectivity index (χ2v) is 6.24. The number of amides is 1. The molecule has 3 rings (SSSR count). The lowest BCUT2D eigenvalue weighted by Gasteiger charge is -2.23. The van der Waals surface area contributed by atoms with Crippen LogP contribution in [0.2, 0.25) is 0 Å². The molecule has 1 fully saturated rings. The van der Waals surface area contributed by atoms with Crippen molar-refractivity contribution in [3.05, 3.63) is 42.7 Å². The van der Waals surface area contributed by atoms with Gasteiger partial charge in [-0.15, -0.1) is 0 Å². The first-order valence-corrected chi connectivity index (χ1v) is 7.94. The first-order valence-electron chi connectivity index (χ1n) is 7.94. The van der Waals surface area contributed by atoms with Crippen LogP contribution < -0.4 is 10.1 Å². The third kappa shape index (κ3) is 4.33. The number of hydrogen-bond donors (Lipinski definition) is 2. The number of carbonyl (C=O) groups is 1. The fourth-order valence-electron chi connectivity index (χ4n) is 2.82. The molecule has 0 spiro atoms. The minimum absolute atomic E-state index is 0.115. The summed E-state index contributed by atoms with van der Waals surface area (Å²) in [5, 5.41) is 17.4. The lowest BCUT2D eigenvalue weighted by molar-refractivity contribution is -0.117. The smallest absolute Gasteiger partial charge is 0.238 e. The molecule has 1 aromatic heterocycles. The Labute approximate surface area is 140 Å². The Morgan fingerprint density at radius 1 is 1.42 bits per heavy atom. The lowest BCUT2D eigenvalue weighted by atomic mass is 10.1. The highest BCUT2D eigenvalue weighted by Crippen LogP contribution is 2.22. The Bertz CT molecular complexity index is 688. The standard InChI is InChI=1S/C17H22N4O3/c1-20-10-14(9-18-20)19-16(22)11-21-8-7-17(23,12-21)13-24-15-5-3-2-4-6-15/h2-6,9-10,23H,7-8,11-13H2,1H3,(H,19,22)/t17-/m1/s1. The molecule has 1 amide bonds. The minimum atomic E-state index is -0.926. The summed E-state index contributed by atoms with van der Waals surface area (Å²) in [7, 11) is 1.79. The summed E-state index contributed by atoms with van der Waals surface area (Å²) in [6.07, 6.45) is 3.93. The molecule has 128 valence electrons. The van der Waals surface area contributed by atoms with Crippen molar-refractivity contribution in [2.45, 2.75) is 12.0 Å². The van der Waals surface area contributed by atoms with E-state index in [4.69, 9.17) is 4.74 Å². The number of aromatic nitrogens is 2. The number of para-hydroxylation sites is 1. The second-order valence-electron chi connectivity index (χ2n) is 6.24. The number of nitrogens with one attached hydrogen (secondary N) is 1. The highest BCUT2D eigenvalue weighted by Gasteiger charge is 2.37. The highest BCUT2D eigenvalue weighted by atomic mass is 16.5. The molecule has 1 aliphatic rings. The summed E-state index contributed by atoms with van der Waals surface area (Å²) in [5.41, 5.74) is -0.255. The van der Waals surface area contributed by atoms with Crippen molar-refractivity contribution in [3.8, 4) is 5.75 Å². The van der Waals surface area contributed by atoms with E-state index in [0.29, 0.717) is 25.2 Å². The van der Waals surface area contributed by atoms with Gasteiger partial charge in [-0.2, -0.15) is 5.10 Å². The quantitative estimate of drug-likeness (QED) is 0.822. The molecule has 1 atom stereocenters. The van der Waals surface area contributed by atoms with Gasteiger partial charge in [0, 0.05) is 26.3 Å². The number of anilines is 1. The average Bonchev–Trinajstić information content (AvgIpc) is 3.13. The third-order valence-corrected chi connectivity index (χ3v) is 4.02. The summed E-state index contributed by atoms with van der Waals surface area (Å²) in [5.74, 6) is 0.620. The highest BCUT2D eigenvalue weighted by molar-refractivity contribution is 5.92. The van der Waals surface area contributed by atoms with Crippen molar-refractivity contribution < 1.29 is 14.6 Å². The first kappa shape index (κ1) is 16.5. The van der Waals surface area contributed by atoms with E-state index in [2.05, 4.69) is 10.4 Å². The Morgan fingerprint density at radius 2 is 2.21 bits per heavy atom. The van der Waals surface area contributed by atoms with E-state index in [9.17, 15) is 9.90 Å². The van der Waals surface area contributed by atoms with Crippen molar-refractivity contribution in [1.29, 1.82) is 0 Å². The van der Waals surface area contributed by atoms with E-state index in [0.717, 1.165) is 5.75 Å². The molecule has 7 nitrogen and oxygen atoms in total. The van der Waals surface area contributed by atoms with Crippen LogP contribution in [-0.4, -0.2) is 57.5 Å². The van der Waals surface area contributed by atoms with Gasteiger partial charge in [-0.3, -0.25) is 14.4 Å². The molecule has 0 bridgehead atoms. The maximum Gasteiger partial charge on any atom is 0.238 e. The number of carbonyl (C=O) groups excluding carboxylic acids is 1. The van der Waals surface area contributed by atoms with Crippen molar-refractivity contribution in [3.63, 3.8) is 0 Å². The van der Waals surface area contributed by atoms with Crippen LogP contribution in [0.15, 0.2) is 42.7 Å². The molecule has 2 N–H and O–H groups in total. The van der Waals surface area contributed by atoms with Crippen LogP contribution in [0.3, 0.4) is 0 Å². The summed E-state index contributed by atoms with van der Waals surface area (Å²) in [6.45, 7) is 1.54. The van der Waals surface area contributed by atoms with E-state index in [1.54, 1.807) is 24.1 Å². The van der Waals surface area contributed by atoms with Crippen LogP contribution >= 0.6 is 0 Å². The number of nitrogens with zero attached hydrogens (tertiary/aromatic N) is 3. The van der Waals surface area contributed by atoms with Gasteiger partial charge in [0.05, 0.1) is 18.4 Å². The van der Waals surface area contributed by atoms with Crippen LogP contribution in [0, 0.1) is 0 Å². The number of β-amino-alcohol motifs (C(OH)–C–C–N with tert-alkyl or cyclic N) is 1. The van der Waals surface area contributed by atoms with Gasteiger partial charge < -0.3 is 15.2 Å². The number of likely N-dealkylation sites (tertiary alicyclic amines) is 1. The second kappa shape index (κ2) is 7.02. The zero-order valence-corrected chi connectivity index (χ0v) is 13.7. The Balaban J connectivity index is 1.46. The summed E-state index contributed by atoms with van der Waals surface area (Å²) < 4.78 is 7.29. The third-order valence-electron chi connectivity index (χ3n) is 4.02. The number of rotatable bonds is 6. The predicted octanol–water partition coefficient (Wildman–Crippen LogP) is 0.874. The van der Waals surface area contributed by atoms with Gasteiger partial charge >= 0.3 is 0 Å². The van der Waals surface area contributed by atoms with E-state index in [-0.39, 0.29) is 19.1 Å². The SMILES string of the molecule is Cn1cc(NC(=O)CN2CC[C@](O)(COc3ccccc3)C2)cn1. The molecule has 0 radical (unpaired) electrons. The maximum atomic E-state index is 12.1. The molecule has 7 heteroatoms. The monoisotopic (exact) mass is 330 g/mol. The van der Waals surface area contributed by atoms with Crippen LogP contribution in [0.4, 0.5) is 5.69 Å². The molecule has 2 aromatic rings. The average molecular weight is 330 g/mol. The van der Waals surface area contributed by atoms with Gasteiger partial charge in [0.1, 0.15) is 18.0 Å². The van der Waals surface area contributed by atoms with Gasteiger partial charge in [-0.1, -0.05) is 18.2 Å². The maximum absolute atomic E-state index is 12.1. The normalized spacial score (nSPS) is 20.9. The Kier molecular flexibility index (Phi) is 4.82. The largest absolute Gasteiger partial charge is 0.491 e. The molecule has 0 aliphatic carbocycles. The zero-order chi connectivity index (χ0) is 17.0. The summed E-state index contributed by atoms with van der Waals surface area (Å²) >= 11 is 0. The fourth-order valence-corrected chi connectivity index (χ4v) is 2.82. The van der Waals surface area contributed by atoms with Crippen LogP contribution in [0.1, 0.15) is 6.42 Å². The van der Waals surface area contributed by atoms with Gasteiger partial charge in [0.15, 0.2) is 0 Å². The molecular weight excluding hydrogens is 308 g/mol. The number of benzene rings is 1. The lowest BCUT2D eigenvalue weighted by Crippen LogP contribution is -2.40. The van der Waals surface area contributed by atoms with Gasteiger partial charge in [-0.25, -0.2) is 0 Å². The molecule has 1 aliphatic heterocycles. The van der Waals surface area contributed by atoms with Crippen molar-refractivity contribution in [2.24, 2.45) is 7.05 Å². The Hall–Kier alpha value is -2.38. The molecule has 24 heavy (non-hydrogen) atoms. The van der Waals surface area contributed by atoms with Crippen LogP contribution in [0.25, 0.3) is 0 Å². The Morgan fingerprint density at radius 3 is 2.92 bits per heavy atom. The minimum Gasteiger partial charge on any atom is -0.491 e. The van der Waals surface area contributed by atoms with Gasteiger partial charge in [0.25, 0.3) is 0 Å². The van der Waals surface area contributed by atoms with E-state index >= 15 is 0 Å². The molecule has 1 saturated heterocycles. The van der Waals surface area contributed by atoms with Crippen molar-refractivity contribution in [2.75, 3.05) is 31.6 Å². The summed E-state index contributed by atoms with van der Waals surface area (Å²) in [6, 6.07) is 9.42. The fraction of sp³-hybridized carbons (Fsp3) is 0.412. The van der Waals surface area contributed by atoms with E-state index in [1.165, 1.54) is 0 Å². The number of aryl methyl sites for hydroxylation is 1. The number of aliphatic hydroxyl groups is 1. The van der Waals surface area contributed by atoms with Crippen molar-refractivity contribution >= 4 is 11.6 Å². The van der Waals surface area contributed by atoms with E-state index < -0.39 is 5.60 Å². The summed E-state index contributed by atoms with van der Waals surface area (Å²) in [4.78, 5) is 14.0. The van der Waals surface area contributed by atoms with Crippen LogP contribution in [-0.2, 0) is 11.8 Å². The first-order chi connectivity index (χ1) is 11.5. The van der Waals surface area contributed by atoms with Gasteiger partial charge in [-0.05, 0) is 18.6 Å². The number of ether oxygens (including phenoxy) is 1. The predicted molar refractivity (Wildman–Crippen MR) is 89.8 cm³/mol. The molecule has 1 aromatic carbocycles. The zero-order valence-electron chi connectivity index (χ0n) is 13.7. The topological polar surface area (TPSA) is 79.6 Å².